The Labute approximate surface area is 203 Å². The average molecular weight is 475 g/mol. The maximum Gasteiger partial charge on any atom is 0.329 e. The standard InChI is InChI=1S/C26H26N4O5/c1-17-4-5-18(2)23(14-17)29-25(32)26(33)30-27-15-19-6-10-22(11-7-19)35-16-24(31)28-20-8-12-21(34-3)13-9-20/h4-15H,16H2,1-3H3,(H,28,31)(H,29,32)(H,30,33). The van der Waals surface area contributed by atoms with E-state index in [1.54, 1.807) is 61.7 Å². The molecule has 3 rings (SSSR count). The van der Waals surface area contributed by atoms with Crippen LogP contribution in [0, 0.1) is 13.8 Å². The lowest BCUT2D eigenvalue weighted by Gasteiger charge is -2.08. The van der Waals surface area contributed by atoms with Crippen molar-refractivity contribution in [2.45, 2.75) is 13.8 Å². The lowest BCUT2D eigenvalue weighted by Crippen LogP contribution is -2.32. The summed E-state index contributed by atoms with van der Waals surface area (Å²) >= 11 is 0. The molecule has 3 N–H and O–H groups in total. The number of nitrogens with zero attached hydrogens (tertiary/aromatic N) is 1. The Hall–Kier alpha value is -4.66. The van der Waals surface area contributed by atoms with E-state index in [0.29, 0.717) is 28.4 Å². The molecule has 0 saturated heterocycles. The van der Waals surface area contributed by atoms with Crippen LogP contribution in [0.1, 0.15) is 16.7 Å². The van der Waals surface area contributed by atoms with Crippen molar-refractivity contribution < 1.29 is 23.9 Å². The number of ether oxygens (including phenoxy) is 2. The number of carbonyl (C=O) groups is 3. The van der Waals surface area contributed by atoms with Crippen molar-refractivity contribution in [1.82, 2.24) is 5.43 Å². The zero-order chi connectivity index (χ0) is 25.2. The Balaban J connectivity index is 1.43. The van der Waals surface area contributed by atoms with Crippen LogP contribution in [0.5, 0.6) is 11.5 Å². The Morgan fingerprint density at radius 2 is 1.54 bits per heavy atom. The molecule has 35 heavy (non-hydrogen) atoms. The molecule has 0 aliphatic rings. The number of hydrogen-bond acceptors (Lipinski definition) is 6. The van der Waals surface area contributed by atoms with Crippen molar-refractivity contribution in [1.29, 1.82) is 0 Å². The molecule has 0 radical (unpaired) electrons. The fourth-order valence-corrected chi connectivity index (χ4v) is 2.94. The van der Waals surface area contributed by atoms with Gasteiger partial charge < -0.3 is 20.1 Å². The van der Waals surface area contributed by atoms with Crippen molar-refractivity contribution in [3.63, 3.8) is 0 Å². The van der Waals surface area contributed by atoms with Gasteiger partial charge in [-0.25, -0.2) is 5.43 Å². The molecule has 0 aliphatic heterocycles. The molecule has 0 bridgehead atoms. The SMILES string of the molecule is COc1ccc(NC(=O)COc2ccc(C=NNC(=O)C(=O)Nc3cc(C)ccc3C)cc2)cc1. The normalized spacial score (nSPS) is 10.5. The molecular weight excluding hydrogens is 448 g/mol. The second-order valence-corrected chi connectivity index (χ2v) is 7.61. The molecule has 9 nitrogen and oxygen atoms in total. The van der Waals surface area contributed by atoms with Crippen molar-refractivity contribution in [3.05, 3.63) is 83.4 Å². The van der Waals surface area contributed by atoms with Crippen molar-refractivity contribution in [2.24, 2.45) is 5.10 Å². The summed E-state index contributed by atoms with van der Waals surface area (Å²) in [7, 11) is 1.57. The van der Waals surface area contributed by atoms with Crippen LogP contribution < -0.4 is 25.5 Å². The van der Waals surface area contributed by atoms with E-state index < -0.39 is 11.8 Å². The summed E-state index contributed by atoms with van der Waals surface area (Å²) in [4.78, 5) is 36.1. The zero-order valence-corrected chi connectivity index (χ0v) is 19.6. The molecule has 3 aromatic rings. The average Bonchev–Trinajstić information content (AvgIpc) is 2.86. The van der Waals surface area contributed by atoms with Gasteiger partial charge in [0.25, 0.3) is 5.91 Å². The first-order valence-electron chi connectivity index (χ1n) is 10.7. The zero-order valence-electron chi connectivity index (χ0n) is 19.6. The van der Waals surface area contributed by atoms with E-state index in [2.05, 4.69) is 21.2 Å². The molecule has 180 valence electrons. The Morgan fingerprint density at radius 1 is 0.857 bits per heavy atom. The number of amides is 3. The van der Waals surface area contributed by atoms with Gasteiger partial charge in [-0.2, -0.15) is 5.10 Å². The molecule has 0 aliphatic carbocycles. The Kier molecular flexibility index (Phi) is 8.55. The van der Waals surface area contributed by atoms with E-state index in [0.717, 1.165) is 11.1 Å². The summed E-state index contributed by atoms with van der Waals surface area (Å²) in [6.07, 6.45) is 1.39. The van der Waals surface area contributed by atoms with Gasteiger partial charge in [-0.3, -0.25) is 14.4 Å². The highest BCUT2D eigenvalue weighted by Crippen LogP contribution is 2.17. The van der Waals surface area contributed by atoms with Crippen LogP contribution in [0.2, 0.25) is 0 Å². The summed E-state index contributed by atoms with van der Waals surface area (Å²) < 4.78 is 10.6. The molecule has 0 fully saturated rings. The van der Waals surface area contributed by atoms with Crippen LogP contribution in [-0.2, 0) is 14.4 Å². The molecule has 0 heterocycles. The van der Waals surface area contributed by atoms with Gasteiger partial charge in [0.1, 0.15) is 11.5 Å². The van der Waals surface area contributed by atoms with E-state index in [1.165, 1.54) is 6.21 Å². The molecule has 0 spiro atoms. The lowest BCUT2D eigenvalue weighted by molar-refractivity contribution is -0.136. The summed E-state index contributed by atoms with van der Waals surface area (Å²) in [5.41, 5.74) is 5.88. The third-order valence-electron chi connectivity index (χ3n) is 4.85. The smallest absolute Gasteiger partial charge is 0.329 e. The van der Waals surface area contributed by atoms with Crippen LogP contribution in [0.4, 0.5) is 11.4 Å². The minimum atomic E-state index is -0.884. The predicted molar refractivity (Wildman–Crippen MR) is 134 cm³/mol. The van der Waals surface area contributed by atoms with E-state index >= 15 is 0 Å². The summed E-state index contributed by atoms with van der Waals surface area (Å²) in [6, 6.07) is 19.3. The van der Waals surface area contributed by atoms with Gasteiger partial charge in [-0.1, -0.05) is 12.1 Å². The van der Waals surface area contributed by atoms with Gasteiger partial charge in [0.15, 0.2) is 6.61 Å². The Morgan fingerprint density at radius 3 is 2.23 bits per heavy atom. The number of methoxy groups -OCH3 is 1. The van der Waals surface area contributed by atoms with Gasteiger partial charge in [-0.05, 0) is 85.1 Å². The van der Waals surface area contributed by atoms with E-state index in [1.807, 2.05) is 26.0 Å². The fraction of sp³-hybridized carbons (Fsp3) is 0.154. The van der Waals surface area contributed by atoms with Crippen molar-refractivity contribution >= 4 is 35.3 Å². The molecule has 0 atom stereocenters. The summed E-state index contributed by atoms with van der Waals surface area (Å²) in [5, 5.41) is 9.11. The number of hydrazone groups is 1. The molecule has 9 heteroatoms. The van der Waals surface area contributed by atoms with Crippen LogP contribution in [0.15, 0.2) is 71.8 Å². The maximum absolute atomic E-state index is 12.1. The van der Waals surface area contributed by atoms with Crippen molar-refractivity contribution in [2.75, 3.05) is 24.4 Å². The predicted octanol–water partition coefficient (Wildman–Crippen LogP) is 3.42. The highest BCUT2D eigenvalue weighted by molar-refractivity contribution is 6.39. The van der Waals surface area contributed by atoms with Gasteiger partial charge in [0, 0.05) is 11.4 Å². The highest BCUT2D eigenvalue weighted by atomic mass is 16.5. The molecule has 0 saturated carbocycles. The second kappa shape index (κ2) is 12.0. The number of aryl methyl sites for hydroxylation is 2. The number of rotatable bonds is 8. The third-order valence-corrected chi connectivity index (χ3v) is 4.85. The van der Waals surface area contributed by atoms with E-state index in [9.17, 15) is 14.4 Å². The van der Waals surface area contributed by atoms with Gasteiger partial charge >= 0.3 is 11.8 Å². The van der Waals surface area contributed by atoms with Crippen LogP contribution in [0.3, 0.4) is 0 Å². The maximum atomic E-state index is 12.1. The van der Waals surface area contributed by atoms with Crippen molar-refractivity contribution in [3.8, 4) is 11.5 Å². The Bertz CT molecular complexity index is 1220. The molecule has 3 aromatic carbocycles. The molecular formula is C26H26N4O5. The van der Waals surface area contributed by atoms with E-state index in [-0.39, 0.29) is 12.5 Å². The highest BCUT2D eigenvalue weighted by Gasteiger charge is 2.14. The number of carbonyl (C=O) groups excluding carboxylic acids is 3. The van der Waals surface area contributed by atoms with Gasteiger partial charge in [-0.15, -0.1) is 0 Å². The van der Waals surface area contributed by atoms with Gasteiger partial charge in [0.2, 0.25) is 0 Å². The number of benzene rings is 3. The number of nitrogens with one attached hydrogen (secondary N) is 3. The third kappa shape index (κ3) is 7.71. The quantitative estimate of drug-likeness (QED) is 0.263. The largest absolute Gasteiger partial charge is 0.497 e. The van der Waals surface area contributed by atoms with E-state index in [4.69, 9.17) is 9.47 Å². The minimum Gasteiger partial charge on any atom is -0.497 e. The second-order valence-electron chi connectivity index (χ2n) is 7.61. The summed E-state index contributed by atoms with van der Waals surface area (Å²) in [6.45, 7) is 3.57. The minimum absolute atomic E-state index is 0.162. The molecule has 3 amide bonds. The molecule has 0 aromatic heterocycles. The lowest BCUT2D eigenvalue weighted by atomic mass is 10.1. The molecule has 0 unspecified atom stereocenters. The summed E-state index contributed by atoms with van der Waals surface area (Å²) in [5.74, 6) is -0.813. The topological polar surface area (TPSA) is 118 Å². The van der Waals surface area contributed by atoms with Crippen LogP contribution >= 0.6 is 0 Å². The first-order chi connectivity index (χ1) is 16.8. The first-order valence-corrected chi connectivity index (χ1v) is 10.7. The van der Waals surface area contributed by atoms with Crippen LogP contribution in [-0.4, -0.2) is 37.7 Å². The fourth-order valence-electron chi connectivity index (χ4n) is 2.94. The monoisotopic (exact) mass is 474 g/mol. The number of hydrogen-bond donors (Lipinski definition) is 3. The number of anilines is 2. The van der Waals surface area contributed by atoms with Crippen LogP contribution in [0.25, 0.3) is 0 Å². The van der Waals surface area contributed by atoms with Gasteiger partial charge in [0.05, 0.1) is 13.3 Å². The first kappa shape index (κ1) is 25.0.